The molecular formula is C28H31ClN4O2S. The van der Waals surface area contributed by atoms with Crippen molar-refractivity contribution in [2.45, 2.75) is 26.3 Å². The van der Waals surface area contributed by atoms with Gasteiger partial charge < -0.3 is 14.5 Å². The standard InChI is InChI=1S/C28H31ClN4O2S/c1-18-17-28(2,3)32(5)24-16-23(29)19(14-22(18)24)15-25-26(34)31(4)27(36-25)30-20-6-8-21(9-7-20)33-10-12-35-13-11-33/h6-9,14-17H,10-13H2,1-5H3/b25-15-,30-27?. The van der Waals surface area contributed by atoms with Crippen LogP contribution in [0.3, 0.4) is 0 Å². The topological polar surface area (TPSA) is 48.4 Å². The molecule has 0 saturated carbocycles. The molecule has 3 aliphatic heterocycles. The number of fused-ring (bicyclic) bond motifs is 1. The molecule has 188 valence electrons. The van der Waals surface area contributed by atoms with E-state index in [9.17, 15) is 4.79 Å². The monoisotopic (exact) mass is 522 g/mol. The molecule has 2 saturated heterocycles. The Bertz CT molecular complexity index is 1290. The van der Waals surface area contributed by atoms with Gasteiger partial charge in [-0.3, -0.25) is 9.69 Å². The normalized spacial score (nSPS) is 21.9. The molecule has 1 amide bonds. The molecule has 0 atom stereocenters. The number of benzene rings is 2. The number of aliphatic imine (C=N–C) groups is 1. The average molecular weight is 523 g/mol. The van der Waals surface area contributed by atoms with Crippen molar-refractivity contribution in [1.82, 2.24) is 4.90 Å². The van der Waals surface area contributed by atoms with E-state index in [2.05, 4.69) is 61.9 Å². The number of morpholine rings is 1. The van der Waals surface area contributed by atoms with E-state index in [4.69, 9.17) is 21.3 Å². The van der Waals surface area contributed by atoms with E-state index in [-0.39, 0.29) is 11.4 Å². The number of carbonyl (C=O) groups is 1. The van der Waals surface area contributed by atoms with Gasteiger partial charge in [0.05, 0.1) is 29.3 Å². The fraction of sp³-hybridized carbons (Fsp3) is 0.357. The van der Waals surface area contributed by atoms with Crippen molar-refractivity contribution in [2.75, 3.05) is 50.2 Å². The molecule has 2 aromatic carbocycles. The summed E-state index contributed by atoms with van der Waals surface area (Å²) < 4.78 is 5.44. The summed E-state index contributed by atoms with van der Waals surface area (Å²) >= 11 is 8.08. The second-order valence-corrected chi connectivity index (χ2v) is 11.3. The Kier molecular flexibility index (Phi) is 6.66. The molecule has 3 heterocycles. The number of ether oxygens (including phenoxy) is 1. The highest BCUT2D eigenvalue weighted by molar-refractivity contribution is 8.18. The number of amides is 1. The summed E-state index contributed by atoms with van der Waals surface area (Å²) in [5.74, 6) is -0.0806. The molecular weight excluding hydrogens is 492 g/mol. The first-order valence-corrected chi connectivity index (χ1v) is 13.3. The van der Waals surface area contributed by atoms with Gasteiger partial charge in [-0.25, -0.2) is 4.99 Å². The Balaban J connectivity index is 1.40. The first-order chi connectivity index (χ1) is 17.1. The zero-order chi connectivity index (χ0) is 25.6. The molecule has 0 aromatic heterocycles. The van der Waals surface area contributed by atoms with Crippen molar-refractivity contribution in [3.05, 3.63) is 63.5 Å². The smallest absolute Gasteiger partial charge is 0.266 e. The summed E-state index contributed by atoms with van der Waals surface area (Å²) in [6.45, 7) is 9.78. The Labute approximate surface area is 222 Å². The maximum Gasteiger partial charge on any atom is 0.266 e. The minimum Gasteiger partial charge on any atom is -0.378 e. The highest BCUT2D eigenvalue weighted by Gasteiger charge is 2.32. The average Bonchev–Trinajstić information content (AvgIpc) is 3.12. The zero-order valence-corrected chi connectivity index (χ0v) is 22.9. The molecule has 6 nitrogen and oxygen atoms in total. The molecule has 5 rings (SSSR count). The van der Waals surface area contributed by atoms with Gasteiger partial charge in [-0.1, -0.05) is 17.7 Å². The summed E-state index contributed by atoms with van der Waals surface area (Å²) in [5, 5.41) is 1.27. The number of hydrogen-bond donors (Lipinski definition) is 0. The number of likely N-dealkylation sites (N-methyl/N-ethyl adjacent to an activating group) is 2. The van der Waals surface area contributed by atoms with Gasteiger partial charge in [0, 0.05) is 49.1 Å². The Hall–Kier alpha value is -2.74. The maximum atomic E-state index is 13.0. The fourth-order valence-electron chi connectivity index (χ4n) is 4.76. The second-order valence-electron chi connectivity index (χ2n) is 9.92. The van der Waals surface area contributed by atoms with Crippen LogP contribution in [0.1, 0.15) is 31.9 Å². The van der Waals surface area contributed by atoms with E-state index in [0.29, 0.717) is 15.1 Å². The third-order valence-electron chi connectivity index (χ3n) is 7.08. The van der Waals surface area contributed by atoms with Crippen LogP contribution in [0.25, 0.3) is 11.6 Å². The van der Waals surface area contributed by atoms with Gasteiger partial charge in [-0.2, -0.15) is 0 Å². The van der Waals surface area contributed by atoms with E-state index < -0.39 is 0 Å². The summed E-state index contributed by atoms with van der Waals surface area (Å²) in [7, 11) is 3.84. The number of rotatable bonds is 3. The molecule has 8 heteroatoms. The van der Waals surface area contributed by atoms with Crippen molar-refractivity contribution in [2.24, 2.45) is 4.99 Å². The van der Waals surface area contributed by atoms with Gasteiger partial charge in [0.1, 0.15) is 0 Å². The molecule has 0 radical (unpaired) electrons. The lowest BCUT2D eigenvalue weighted by molar-refractivity contribution is -0.121. The lowest BCUT2D eigenvalue weighted by atomic mass is 9.88. The van der Waals surface area contributed by atoms with E-state index in [1.165, 1.54) is 17.3 Å². The molecule has 0 spiro atoms. The summed E-state index contributed by atoms with van der Waals surface area (Å²) in [4.78, 5) is 24.5. The number of halogens is 1. The summed E-state index contributed by atoms with van der Waals surface area (Å²) in [5.41, 5.74) is 6.14. The van der Waals surface area contributed by atoms with Gasteiger partial charge in [-0.15, -0.1) is 0 Å². The lowest BCUT2D eigenvalue weighted by Crippen LogP contribution is -2.42. The number of anilines is 2. The summed E-state index contributed by atoms with van der Waals surface area (Å²) in [6, 6.07) is 12.2. The number of hydrogen-bond acceptors (Lipinski definition) is 6. The quantitative estimate of drug-likeness (QED) is 0.460. The molecule has 0 aliphatic carbocycles. The van der Waals surface area contributed by atoms with Gasteiger partial charge in [0.15, 0.2) is 5.17 Å². The Morgan fingerprint density at radius 1 is 1.11 bits per heavy atom. The van der Waals surface area contributed by atoms with Gasteiger partial charge in [0.2, 0.25) is 0 Å². The third kappa shape index (κ3) is 4.67. The molecule has 0 N–H and O–H groups in total. The van der Waals surface area contributed by atoms with Crippen LogP contribution in [0.15, 0.2) is 52.4 Å². The van der Waals surface area contributed by atoms with Crippen molar-refractivity contribution in [3.8, 4) is 0 Å². The predicted molar refractivity (Wildman–Crippen MR) is 152 cm³/mol. The van der Waals surface area contributed by atoms with E-state index in [1.807, 2.05) is 24.3 Å². The Morgan fingerprint density at radius 2 is 1.81 bits per heavy atom. The molecule has 0 unspecified atom stereocenters. The SMILES string of the molecule is CC1=CC(C)(C)N(C)c2cc(Cl)c(/C=C3\SC(=Nc4ccc(N5CCOCC5)cc4)N(C)C3=O)cc21. The van der Waals surface area contributed by atoms with E-state index >= 15 is 0 Å². The highest BCUT2D eigenvalue weighted by atomic mass is 35.5. The zero-order valence-electron chi connectivity index (χ0n) is 21.3. The molecule has 3 aliphatic rings. The van der Waals surface area contributed by atoms with Crippen LogP contribution in [0.5, 0.6) is 0 Å². The van der Waals surface area contributed by atoms with Crippen LogP contribution < -0.4 is 9.80 Å². The maximum absolute atomic E-state index is 13.0. The number of allylic oxidation sites excluding steroid dienone is 1. The number of carbonyl (C=O) groups excluding carboxylic acids is 1. The molecule has 2 fully saturated rings. The number of thioether (sulfide) groups is 1. The number of nitrogens with zero attached hydrogens (tertiary/aromatic N) is 4. The van der Waals surface area contributed by atoms with Gasteiger partial charge in [-0.05, 0) is 86.1 Å². The van der Waals surface area contributed by atoms with Crippen LogP contribution in [-0.2, 0) is 9.53 Å². The Morgan fingerprint density at radius 3 is 2.50 bits per heavy atom. The van der Waals surface area contributed by atoms with Crippen LogP contribution >= 0.6 is 23.4 Å². The fourth-order valence-corrected chi connectivity index (χ4v) is 5.95. The first kappa shape index (κ1) is 24.9. The molecule has 0 bridgehead atoms. The van der Waals surface area contributed by atoms with Gasteiger partial charge in [0.25, 0.3) is 5.91 Å². The third-order valence-corrected chi connectivity index (χ3v) is 8.46. The minimum atomic E-state index is -0.0911. The van der Waals surface area contributed by atoms with Crippen molar-refractivity contribution < 1.29 is 9.53 Å². The van der Waals surface area contributed by atoms with Crippen molar-refractivity contribution in [1.29, 1.82) is 0 Å². The van der Waals surface area contributed by atoms with Crippen LogP contribution in [-0.4, -0.2) is 61.9 Å². The van der Waals surface area contributed by atoms with Crippen molar-refractivity contribution >= 4 is 63.1 Å². The first-order valence-electron chi connectivity index (χ1n) is 12.1. The second kappa shape index (κ2) is 9.61. The van der Waals surface area contributed by atoms with Crippen LogP contribution in [0, 0.1) is 0 Å². The van der Waals surface area contributed by atoms with E-state index in [1.54, 1.807) is 11.9 Å². The molecule has 2 aromatic rings. The van der Waals surface area contributed by atoms with E-state index in [0.717, 1.165) is 54.5 Å². The largest absolute Gasteiger partial charge is 0.378 e. The van der Waals surface area contributed by atoms with Gasteiger partial charge >= 0.3 is 0 Å². The molecule has 36 heavy (non-hydrogen) atoms. The van der Waals surface area contributed by atoms with Crippen molar-refractivity contribution in [3.63, 3.8) is 0 Å². The predicted octanol–water partition coefficient (Wildman–Crippen LogP) is 6.04. The minimum absolute atomic E-state index is 0.0806. The number of amidine groups is 1. The van der Waals surface area contributed by atoms with Crippen LogP contribution in [0.2, 0.25) is 5.02 Å². The highest BCUT2D eigenvalue weighted by Crippen LogP contribution is 2.42. The lowest BCUT2D eigenvalue weighted by Gasteiger charge is -2.40. The van der Waals surface area contributed by atoms with Crippen LogP contribution in [0.4, 0.5) is 17.1 Å². The summed E-state index contributed by atoms with van der Waals surface area (Å²) in [6.07, 6.45) is 4.14.